The first-order chi connectivity index (χ1) is 12.9. The topological polar surface area (TPSA) is 42.9 Å². The van der Waals surface area contributed by atoms with Gasteiger partial charge in [0.25, 0.3) is 0 Å². The second-order valence-corrected chi connectivity index (χ2v) is 7.31. The molecule has 4 aliphatic heterocycles. The summed E-state index contributed by atoms with van der Waals surface area (Å²) in [6.45, 7) is 0. The number of hydrogen-bond donors (Lipinski definition) is 2. The molecule has 5 nitrogen and oxygen atoms in total. The molecule has 4 heterocycles. The molecule has 0 aromatic heterocycles. The molecular formula is C21H25N5. The van der Waals surface area contributed by atoms with Crippen LogP contribution in [-0.4, -0.2) is 28.3 Å². The lowest BCUT2D eigenvalue weighted by Crippen LogP contribution is -2.49. The van der Waals surface area contributed by atoms with E-state index in [1.54, 1.807) is 5.57 Å². The van der Waals surface area contributed by atoms with E-state index in [0.29, 0.717) is 0 Å². The van der Waals surface area contributed by atoms with E-state index < -0.39 is 0 Å². The summed E-state index contributed by atoms with van der Waals surface area (Å²) >= 11 is 0. The molecule has 0 radical (unpaired) electrons. The van der Waals surface area contributed by atoms with Crippen molar-refractivity contribution in [3.05, 3.63) is 71.5 Å². The number of rotatable bonds is 2. The number of hydrazone groups is 1. The van der Waals surface area contributed by atoms with Crippen LogP contribution in [0.25, 0.3) is 0 Å². The number of hydrogen-bond acceptors (Lipinski definition) is 5. The quantitative estimate of drug-likeness (QED) is 0.803. The highest BCUT2D eigenvalue weighted by atomic mass is 15.4. The smallest absolute Gasteiger partial charge is 0.143 e. The second kappa shape index (κ2) is 6.56. The summed E-state index contributed by atoms with van der Waals surface area (Å²) in [5.74, 6) is 0. The fraction of sp³-hybridized carbons (Fsp3) is 0.381. The van der Waals surface area contributed by atoms with Gasteiger partial charge in [-0.1, -0.05) is 18.2 Å². The molecule has 0 fully saturated rings. The molecule has 134 valence electrons. The van der Waals surface area contributed by atoms with Crippen molar-refractivity contribution in [2.75, 3.05) is 0 Å². The summed E-state index contributed by atoms with van der Waals surface area (Å²) in [7, 11) is 0. The van der Waals surface area contributed by atoms with Gasteiger partial charge in [-0.2, -0.15) is 5.10 Å². The van der Waals surface area contributed by atoms with Crippen molar-refractivity contribution < 1.29 is 0 Å². The van der Waals surface area contributed by atoms with Crippen LogP contribution in [0.3, 0.4) is 0 Å². The van der Waals surface area contributed by atoms with Gasteiger partial charge in [-0.25, -0.2) is 0 Å². The molecule has 1 aliphatic carbocycles. The van der Waals surface area contributed by atoms with Gasteiger partial charge in [0.05, 0.1) is 11.9 Å². The van der Waals surface area contributed by atoms with Crippen LogP contribution < -0.4 is 10.7 Å². The van der Waals surface area contributed by atoms with Crippen molar-refractivity contribution in [3.8, 4) is 0 Å². The first-order valence-corrected chi connectivity index (χ1v) is 9.64. The van der Waals surface area contributed by atoms with Crippen LogP contribution in [0.15, 0.2) is 76.6 Å². The molecule has 5 heteroatoms. The van der Waals surface area contributed by atoms with Gasteiger partial charge in [0.15, 0.2) is 0 Å². The molecule has 0 spiro atoms. The summed E-state index contributed by atoms with van der Waals surface area (Å²) in [6, 6.07) is 0. The van der Waals surface area contributed by atoms with Crippen LogP contribution in [0.4, 0.5) is 0 Å². The first-order valence-electron chi connectivity index (χ1n) is 9.64. The van der Waals surface area contributed by atoms with E-state index in [1.807, 2.05) is 18.5 Å². The minimum atomic E-state index is 0.102. The minimum Gasteiger partial charge on any atom is -0.368 e. The molecule has 0 saturated carbocycles. The van der Waals surface area contributed by atoms with Gasteiger partial charge in [0.2, 0.25) is 0 Å². The lowest BCUT2D eigenvalue weighted by molar-refractivity contribution is 0.277. The Morgan fingerprint density at radius 3 is 2.81 bits per heavy atom. The van der Waals surface area contributed by atoms with Gasteiger partial charge in [-0.3, -0.25) is 5.43 Å². The molecule has 2 N–H and O–H groups in total. The van der Waals surface area contributed by atoms with E-state index in [-0.39, 0.29) is 12.3 Å². The highest BCUT2D eigenvalue weighted by Gasteiger charge is 2.33. The van der Waals surface area contributed by atoms with Crippen LogP contribution in [0.5, 0.6) is 0 Å². The molecule has 2 unspecified atom stereocenters. The number of nitrogens with zero attached hydrogens (tertiary/aromatic N) is 3. The maximum Gasteiger partial charge on any atom is 0.143 e. The molecule has 2 atom stereocenters. The Balaban J connectivity index is 1.48. The SMILES string of the molecule is C1=CNC(N2C=CCC3=C2C=NNC3N2C=CCC3=C2CCCC3)C=C1. The Labute approximate surface area is 154 Å². The second-order valence-electron chi connectivity index (χ2n) is 7.31. The van der Waals surface area contributed by atoms with Crippen LogP contribution in [0.1, 0.15) is 38.5 Å². The van der Waals surface area contributed by atoms with Crippen molar-refractivity contribution in [2.24, 2.45) is 5.10 Å². The van der Waals surface area contributed by atoms with Gasteiger partial charge in [0.1, 0.15) is 12.3 Å². The average molecular weight is 347 g/mol. The fourth-order valence-electron chi connectivity index (χ4n) is 4.50. The minimum absolute atomic E-state index is 0.102. The van der Waals surface area contributed by atoms with Crippen LogP contribution in [0, 0.1) is 0 Å². The molecule has 0 bridgehead atoms. The highest BCUT2D eigenvalue weighted by Crippen LogP contribution is 2.37. The lowest BCUT2D eigenvalue weighted by Gasteiger charge is -2.43. The predicted octanol–water partition coefficient (Wildman–Crippen LogP) is 3.42. The Kier molecular flexibility index (Phi) is 3.92. The van der Waals surface area contributed by atoms with Gasteiger partial charge in [-0.15, -0.1) is 0 Å². The molecule has 5 rings (SSSR count). The average Bonchev–Trinajstić information content (AvgIpc) is 2.73. The standard InChI is InChI=1S/C21H25N5/c1-2-10-18-16(7-1)8-5-14-26(18)21-17-9-6-13-25(19(17)15-23-24-21)20-11-3-4-12-22-20/h3-6,11-15,20-22,24H,1-2,7-10H2. The summed E-state index contributed by atoms with van der Waals surface area (Å²) in [6.07, 6.45) is 26.6. The Bertz CT molecular complexity index is 795. The Hall–Kier alpha value is -2.69. The maximum atomic E-state index is 4.52. The maximum absolute atomic E-state index is 4.52. The molecule has 0 aromatic rings. The molecular weight excluding hydrogens is 322 g/mol. The third kappa shape index (κ3) is 2.59. The zero-order valence-corrected chi connectivity index (χ0v) is 14.9. The number of nitrogens with one attached hydrogen (secondary N) is 2. The van der Waals surface area contributed by atoms with Gasteiger partial charge >= 0.3 is 0 Å². The molecule has 0 aromatic carbocycles. The largest absolute Gasteiger partial charge is 0.368 e. The van der Waals surface area contributed by atoms with Crippen molar-refractivity contribution >= 4 is 6.21 Å². The van der Waals surface area contributed by atoms with E-state index in [2.05, 4.69) is 62.3 Å². The van der Waals surface area contributed by atoms with E-state index >= 15 is 0 Å². The number of dihydropyridines is 1. The Morgan fingerprint density at radius 1 is 1.00 bits per heavy atom. The number of allylic oxidation sites excluding steroid dienone is 7. The fourth-order valence-corrected chi connectivity index (χ4v) is 4.50. The zero-order chi connectivity index (χ0) is 17.3. The van der Waals surface area contributed by atoms with Crippen LogP contribution in [0.2, 0.25) is 0 Å². The zero-order valence-electron chi connectivity index (χ0n) is 14.9. The summed E-state index contributed by atoms with van der Waals surface area (Å²) in [4.78, 5) is 4.71. The third-order valence-electron chi connectivity index (χ3n) is 5.76. The van der Waals surface area contributed by atoms with Gasteiger partial charge in [0, 0.05) is 23.7 Å². The van der Waals surface area contributed by atoms with E-state index in [4.69, 9.17) is 0 Å². The van der Waals surface area contributed by atoms with Gasteiger partial charge < -0.3 is 15.1 Å². The third-order valence-corrected chi connectivity index (χ3v) is 5.76. The molecule has 26 heavy (non-hydrogen) atoms. The summed E-state index contributed by atoms with van der Waals surface area (Å²) < 4.78 is 0. The van der Waals surface area contributed by atoms with Crippen molar-refractivity contribution in [1.29, 1.82) is 0 Å². The summed E-state index contributed by atoms with van der Waals surface area (Å²) in [5.41, 5.74) is 9.10. The monoisotopic (exact) mass is 347 g/mol. The van der Waals surface area contributed by atoms with Crippen molar-refractivity contribution in [2.45, 2.75) is 50.9 Å². The van der Waals surface area contributed by atoms with E-state index in [1.165, 1.54) is 42.7 Å². The molecule has 5 aliphatic rings. The molecule has 0 saturated heterocycles. The predicted molar refractivity (Wildman–Crippen MR) is 104 cm³/mol. The van der Waals surface area contributed by atoms with Crippen LogP contribution >= 0.6 is 0 Å². The van der Waals surface area contributed by atoms with Crippen LogP contribution in [-0.2, 0) is 0 Å². The normalized spacial score (nSPS) is 29.5. The van der Waals surface area contributed by atoms with Crippen molar-refractivity contribution in [3.63, 3.8) is 0 Å². The lowest BCUT2D eigenvalue weighted by atomic mass is 9.90. The van der Waals surface area contributed by atoms with Crippen molar-refractivity contribution in [1.82, 2.24) is 20.5 Å². The van der Waals surface area contributed by atoms with E-state index in [9.17, 15) is 0 Å². The molecule has 0 amide bonds. The highest BCUT2D eigenvalue weighted by molar-refractivity contribution is 5.81. The first kappa shape index (κ1) is 15.6. The summed E-state index contributed by atoms with van der Waals surface area (Å²) in [5, 5.41) is 7.94. The van der Waals surface area contributed by atoms with E-state index in [0.717, 1.165) is 12.8 Å². The van der Waals surface area contributed by atoms with Gasteiger partial charge in [-0.05, 0) is 62.5 Å². The Morgan fingerprint density at radius 2 is 1.88 bits per heavy atom.